The first kappa shape index (κ1) is 23.2. The first-order valence-electron chi connectivity index (χ1n) is 10.7. The number of nitrogens with zero attached hydrogens (tertiary/aromatic N) is 5. The summed E-state index contributed by atoms with van der Waals surface area (Å²) in [5.74, 6) is 2.82. The van der Waals surface area contributed by atoms with Crippen molar-refractivity contribution in [2.75, 3.05) is 32.2 Å². The Morgan fingerprint density at radius 2 is 1.85 bits per heavy atom. The van der Waals surface area contributed by atoms with Crippen LogP contribution in [-0.4, -0.2) is 57.4 Å². The molecule has 0 saturated carbocycles. The zero-order valence-corrected chi connectivity index (χ0v) is 19.8. The van der Waals surface area contributed by atoms with Gasteiger partial charge in [0.1, 0.15) is 28.8 Å². The lowest BCUT2D eigenvalue weighted by Crippen LogP contribution is -2.16. The summed E-state index contributed by atoms with van der Waals surface area (Å²) in [5, 5.41) is 8.99. The second kappa shape index (κ2) is 10.3. The van der Waals surface area contributed by atoms with Gasteiger partial charge in [0, 0.05) is 23.7 Å². The highest BCUT2D eigenvalue weighted by Crippen LogP contribution is 2.39. The van der Waals surface area contributed by atoms with Crippen LogP contribution in [0.2, 0.25) is 0 Å². The van der Waals surface area contributed by atoms with Crippen molar-refractivity contribution in [3.63, 3.8) is 0 Å². The van der Waals surface area contributed by atoms with Crippen LogP contribution in [-0.2, 0) is 4.74 Å². The first-order chi connectivity index (χ1) is 16.0. The molecule has 0 aliphatic carbocycles. The van der Waals surface area contributed by atoms with E-state index in [0.717, 1.165) is 17.9 Å². The molecule has 2 aromatic heterocycles. The van der Waals surface area contributed by atoms with Crippen LogP contribution in [0, 0.1) is 5.82 Å². The molecule has 1 aliphatic heterocycles. The molecule has 176 valence electrons. The third-order valence-corrected chi connectivity index (χ3v) is 6.78. The molecule has 3 atom stereocenters. The number of halogens is 1. The number of hydrogen-bond donors (Lipinski definition) is 1. The highest BCUT2D eigenvalue weighted by molar-refractivity contribution is 8.01. The highest BCUT2D eigenvalue weighted by atomic mass is 32.2. The van der Waals surface area contributed by atoms with Crippen molar-refractivity contribution in [3.05, 3.63) is 48.1 Å². The number of methoxy groups -OCH3 is 2. The van der Waals surface area contributed by atoms with E-state index in [9.17, 15) is 4.39 Å². The molecule has 4 rings (SSSR count). The Kier molecular flexibility index (Phi) is 7.29. The molecular weight excluding hydrogens is 447 g/mol. The van der Waals surface area contributed by atoms with Crippen LogP contribution in [0.25, 0.3) is 5.69 Å². The molecule has 1 aromatic carbocycles. The molecule has 0 amide bonds. The lowest BCUT2D eigenvalue weighted by atomic mass is 10.1. The molecule has 0 spiro atoms. The predicted octanol–water partition coefficient (Wildman–Crippen LogP) is 3.97. The SMILES string of the molecule is COc1cccc(OC)c1-n1c(NSC(C)C(C)c2ncc(F)cn2)nnc1C1CCOC1. The van der Waals surface area contributed by atoms with E-state index in [4.69, 9.17) is 14.2 Å². The maximum absolute atomic E-state index is 13.2. The van der Waals surface area contributed by atoms with Gasteiger partial charge in [0.2, 0.25) is 5.95 Å². The van der Waals surface area contributed by atoms with Gasteiger partial charge in [-0.25, -0.2) is 14.4 Å². The van der Waals surface area contributed by atoms with Gasteiger partial charge in [-0.3, -0.25) is 9.29 Å². The van der Waals surface area contributed by atoms with E-state index in [1.165, 1.54) is 24.3 Å². The van der Waals surface area contributed by atoms with Crippen LogP contribution in [0.15, 0.2) is 30.6 Å². The average molecular weight is 475 g/mol. The Bertz CT molecular complexity index is 1050. The quantitative estimate of drug-likeness (QED) is 0.462. The summed E-state index contributed by atoms with van der Waals surface area (Å²) in [6.07, 6.45) is 3.23. The molecule has 1 N–H and O–H groups in total. The maximum atomic E-state index is 13.2. The summed E-state index contributed by atoms with van der Waals surface area (Å²) in [4.78, 5) is 8.23. The minimum atomic E-state index is -0.452. The monoisotopic (exact) mass is 474 g/mol. The van der Waals surface area contributed by atoms with E-state index in [1.807, 2.05) is 36.6 Å². The number of para-hydroxylation sites is 1. The van der Waals surface area contributed by atoms with Gasteiger partial charge in [0.15, 0.2) is 5.82 Å². The van der Waals surface area contributed by atoms with Gasteiger partial charge >= 0.3 is 0 Å². The van der Waals surface area contributed by atoms with Gasteiger partial charge < -0.3 is 14.2 Å². The third-order valence-electron chi connectivity index (χ3n) is 5.70. The van der Waals surface area contributed by atoms with Crippen molar-refractivity contribution in [2.24, 2.45) is 0 Å². The number of ether oxygens (including phenoxy) is 3. The molecule has 1 aliphatic rings. The molecule has 33 heavy (non-hydrogen) atoms. The molecule has 3 heterocycles. The normalized spacial score (nSPS) is 17.5. The second-order valence-electron chi connectivity index (χ2n) is 7.76. The standard InChI is InChI=1S/C22H27FN6O3S/c1-13(20-24-10-16(23)11-25-20)14(2)33-28-22-27-26-21(15-8-9-32-12-15)29(22)19-17(30-3)6-5-7-18(19)31-4/h5-7,10-11,13-15H,8-9,12H2,1-4H3,(H,27,28). The zero-order valence-electron chi connectivity index (χ0n) is 19.0. The van der Waals surface area contributed by atoms with Gasteiger partial charge in [0.25, 0.3) is 0 Å². The van der Waals surface area contributed by atoms with E-state index in [0.29, 0.717) is 36.5 Å². The molecule has 3 aromatic rings. The fourth-order valence-electron chi connectivity index (χ4n) is 3.65. The fourth-order valence-corrected chi connectivity index (χ4v) is 4.40. The van der Waals surface area contributed by atoms with Crippen LogP contribution >= 0.6 is 11.9 Å². The summed E-state index contributed by atoms with van der Waals surface area (Å²) in [6.45, 7) is 5.31. The van der Waals surface area contributed by atoms with E-state index in [1.54, 1.807) is 14.2 Å². The molecule has 0 radical (unpaired) electrons. The van der Waals surface area contributed by atoms with Crippen LogP contribution in [0.3, 0.4) is 0 Å². The maximum Gasteiger partial charge on any atom is 0.239 e. The van der Waals surface area contributed by atoms with Gasteiger partial charge in [-0.2, -0.15) is 0 Å². The summed E-state index contributed by atoms with van der Waals surface area (Å²) in [5.41, 5.74) is 0.722. The van der Waals surface area contributed by atoms with Crippen LogP contribution in [0.4, 0.5) is 10.3 Å². The third kappa shape index (κ3) is 4.88. The number of anilines is 1. The molecule has 1 saturated heterocycles. The van der Waals surface area contributed by atoms with Gasteiger partial charge in [-0.1, -0.05) is 19.9 Å². The predicted molar refractivity (Wildman–Crippen MR) is 124 cm³/mol. The largest absolute Gasteiger partial charge is 0.494 e. The van der Waals surface area contributed by atoms with Crippen LogP contribution in [0.1, 0.15) is 43.8 Å². The molecule has 0 bridgehead atoms. The molecule has 11 heteroatoms. The molecular formula is C22H27FN6O3S. The Hall–Kier alpha value is -2.92. The Labute approximate surface area is 196 Å². The number of nitrogens with one attached hydrogen (secondary N) is 1. The van der Waals surface area contributed by atoms with E-state index in [-0.39, 0.29) is 17.1 Å². The number of benzene rings is 1. The lowest BCUT2D eigenvalue weighted by molar-refractivity contribution is 0.193. The van der Waals surface area contributed by atoms with Crippen LogP contribution in [0.5, 0.6) is 11.5 Å². The second-order valence-corrected chi connectivity index (χ2v) is 8.95. The van der Waals surface area contributed by atoms with E-state index < -0.39 is 5.82 Å². The Morgan fingerprint density at radius 3 is 2.45 bits per heavy atom. The summed E-state index contributed by atoms with van der Waals surface area (Å²) in [6, 6.07) is 5.62. The van der Waals surface area contributed by atoms with Crippen LogP contribution < -0.4 is 14.2 Å². The van der Waals surface area contributed by atoms with E-state index >= 15 is 0 Å². The summed E-state index contributed by atoms with van der Waals surface area (Å²) >= 11 is 1.47. The lowest BCUT2D eigenvalue weighted by Gasteiger charge is -2.21. The van der Waals surface area contributed by atoms with Crippen molar-refractivity contribution in [1.29, 1.82) is 0 Å². The Balaban J connectivity index is 1.65. The van der Waals surface area contributed by atoms with Crippen molar-refractivity contribution >= 4 is 17.9 Å². The fraction of sp³-hybridized carbons (Fsp3) is 0.455. The summed E-state index contributed by atoms with van der Waals surface area (Å²) < 4.78 is 35.4. The van der Waals surface area contributed by atoms with Crippen molar-refractivity contribution in [3.8, 4) is 17.2 Å². The minimum absolute atomic E-state index is 0.0250. The van der Waals surface area contributed by atoms with Gasteiger partial charge in [-0.15, -0.1) is 10.2 Å². The van der Waals surface area contributed by atoms with Crippen molar-refractivity contribution < 1.29 is 18.6 Å². The van der Waals surface area contributed by atoms with Gasteiger partial charge in [-0.05, 0) is 30.5 Å². The molecule has 1 fully saturated rings. The van der Waals surface area contributed by atoms with E-state index in [2.05, 4.69) is 24.9 Å². The topological polar surface area (TPSA) is 96.2 Å². The molecule has 9 nitrogen and oxygen atoms in total. The average Bonchev–Trinajstić information content (AvgIpc) is 3.51. The van der Waals surface area contributed by atoms with Crippen molar-refractivity contribution in [1.82, 2.24) is 24.7 Å². The number of aromatic nitrogens is 5. The highest BCUT2D eigenvalue weighted by Gasteiger charge is 2.29. The number of hydrogen-bond acceptors (Lipinski definition) is 9. The smallest absolute Gasteiger partial charge is 0.239 e. The Morgan fingerprint density at radius 1 is 1.15 bits per heavy atom. The molecule has 3 unspecified atom stereocenters. The number of rotatable bonds is 9. The van der Waals surface area contributed by atoms with Gasteiger partial charge in [0.05, 0.1) is 33.2 Å². The van der Waals surface area contributed by atoms with Crippen molar-refractivity contribution in [2.45, 2.75) is 37.4 Å². The first-order valence-corrected chi connectivity index (χ1v) is 11.5. The summed E-state index contributed by atoms with van der Waals surface area (Å²) in [7, 11) is 3.24. The minimum Gasteiger partial charge on any atom is -0.494 e. The zero-order chi connectivity index (χ0) is 23.4.